The molecular weight excluding hydrogens is 352 g/mol. The van der Waals surface area contributed by atoms with E-state index in [0.717, 1.165) is 0 Å². The Balaban J connectivity index is 0.000000208. The van der Waals surface area contributed by atoms with Crippen molar-refractivity contribution in [2.24, 2.45) is 0 Å². The van der Waals surface area contributed by atoms with Crippen molar-refractivity contribution in [3.8, 4) is 0 Å². The van der Waals surface area contributed by atoms with Crippen LogP contribution in [-0.4, -0.2) is 22.2 Å². The zero-order valence-electron chi connectivity index (χ0n) is 14.8. The van der Waals surface area contributed by atoms with E-state index in [1.54, 1.807) is 0 Å². The molecule has 5 rings (SSSR count). The smallest absolute Gasteiger partial charge is 0.328 e. The van der Waals surface area contributed by atoms with Crippen molar-refractivity contribution in [2.45, 2.75) is 0 Å². The molecule has 4 nitrogen and oxygen atoms in total. The number of fused-ring (bicyclic) bond motifs is 2. The number of carboxylic acid groups (broad SMARTS) is 2. The van der Waals surface area contributed by atoms with Crippen LogP contribution in [0.3, 0.4) is 0 Å². The number of hydrogen-bond donors (Lipinski definition) is 2. The maximum atomic E-state index is 9.55. The molecule has 2 N–H and O–H groups in total. The maximum absolute atomic E-state index is 9.55. The van der Waals surface area contributed by atoms with Crippen molar-refractivity contribution in [3.05, 3.63) is 84.9 Å². The van der Waals surface area contributed by atoms with Gasteiger partial charge >= 0.3 is 11.9 Å². The van der Waals surface area contributed by atoms with Gasteiger partial charge in [0.05, 0.1) is 0 Å². The van der Waals surface area contributed by atoms with E-state index in [4.69, 9.17) is 10.2 Å². The molecule has 0 amide bonds. The fourth-order valence-electron chi connectivity index (χ4n) is 3.72. The molecule has 0 aromatic heterocycles. The summed E-state index contributed by atoms with van der Waals surface area (Å²) in [6, 6.07) is 26.4. The van der Waals surface area contributed by atoms with Gasteiger partial charge in [0, 0.05) is 12.2 Å². The summed E-state index contributed by atoms with van der Waals surface area (Å²) < 4.78 is 0. The van der Waals surface area contributed by atoms with Crippen molar-refractivity contribution in [3.63, 3.8) is 0 Å². The Bertz CT molecular complexity index is 1180. The first kappa shape index (κ1) is 17.5. The predicted octanol–water partition coefficient (Wildman–Crippen LogP) is 5.45. The first-order valence-corrected chi connectivity index (χ1v) is 8.74. The van der Waals surface area contributed by atoms with Crippen LogP contribution in [0.4, 0.5) is 0 Å². The minimum absolute atomic E-state index is 0.558. The molecular formula is C24H16O4. The molecule has 0 radical (unpaired) electrons. The molecule has 0 aliphatic heterocycles. The SMILES string of the molecule is O=C(O)C=CC(=O)O.c1cc2cccc3c4cccc5cccc(c(c1)c23)c54. The van der Waals surface area contributed by atoms with E-state index in [0.29, 0.717) is 12.2 Å². The average Bonchev–Trinajstić information content (AvgIpc) is 2.70. The summed E-state index contributed by atoms with van der Waals surface area (Å²) >= 11 is 0. The van der Waals surface area contributed by atoms with Crippen LogP contribution >= 0.6 is 0 Å². The fourth-order valence-corrected chi connectivity index (χ4v) is 3.72. The lowest BCUT2D eigenvalue weighted by atomic mass is 9.90. The molecule has 0 spiro atoms. The van der Waals surface area contributed by atoms with Crippen LogP contribution < -0.4 is 0 Å². The minimum Gasteiger partial charge on any atom is -0.478 e. The normalized spacial score (nSPS) is 11.3. The summed E-state index contributed by atoms with van der Waals surface area (Å²) in [5.74, 6) is -2.51. The molecule has 0 fully saturated rings. The van der Waals surface area contributed by atoms with Crippen LogP contribution in [0.5, 0.6) is 0 Å². The molecule has 4 heteroatoms. The van der Waals surface area contributed by atoms with Gasteiger partial charge in [-0.05, 0) is 43.1 Å². The third-order valence-electron chi connectivity index (χ3n) is 4.76. The highest BCUT2D eigenvalue weighted by Crippen LogP contribution is 2.39. The van der Waals surface area contributed by atoms with Gasteiger partial charge in [-0.15, -0.1) is 0 Å². The van der Waals surface area contributed by atoms with Crippen molar-refractivity contribution in [1.82, 2.24) is 0 Å². The van der Waals surface area contributed by atoms with Gasteiger partial charge in [0.15, 0.2) is 0 Å². The fraction of sp³-hybridized carbons (Fsp3) is 0. The lowest BCUT2D eigenvalue weighted by molar-refractivity contribution is -0.134. The van der Waals surface area contributed by atoms with Crippen molar-refractivity contribution in [2.75, 3.05) is 0 Å². The standard InChI is InChI=1S/C20H12.C4H4O4/c1-5-13-6-2-11-17-18-12-4-8-14-7-3-10-16(20(14)18)15(9-1)19(13)17;5-3(6)1-2-4(7)8/h1-12H;1-2H,(H,5,6)(H,7,8). The summed E-state index contributed by atoms with van der Waals surface area (Å²) in [6.07, 6.45) is 1.12. The van der Waals surface area contributed by atoms with Gasteiger partial charge in [0.1, 0.15) is 0 Å². The summed E-state index contributed by atoms with van der Waals surface area (Å²) in [5.41, 5.74) is 0. The molecule has 0 heterocycles. The van der Waals surface area contributed by atoms with E-state index in [1.165, 1.54) is 43.1 Å². The highest BCUT2D eigenvalue weighted by molar-refractivity contribution is 6.32. The summed E-state index contributed by atoms with van der Waals surface area (Å²) in [7, 11) is 0. The Morgan fingerprint density at radius 1 is 0.536 bits per heavy atom. The Morgan fingerprint density at radius 2 is 0.821 bits per heavy atom. The molecule has 0 aliphatic carbocycles. The average molecular weight is 368 g/mol. The van der Waals surface area contributed by atoms with Gasteiger partial charge in [0.25, 0.3) is 0 Å². The van der Waals surface area contributed by atoms with Gasteiger partial charge in [0.2, 0.25) is 0 Å². The van der Waals surface area contributed by atoms with Crippen LogP contribution in [0.2, 0.25) is 0 Å². The number of hydrogen-bond acceptors (Lipinski definition) is 2. The quantitative estimate of drug-likeness (QED) is 0.247. The van der Waals surface area contributed by atoms with E-state index < -0.39 is 11.9 Å². The van der Waals surface area contributed by atoms with Gasteiger partial charge in [-0.2, -0.15) is 0 Å². The monoisotopic (exact) mass is 368 g/mol. The summed E-state index contributed by atoms with van der Waals surface area (Å²) in [4.78, 5) is 19.1. The second-order valence-electron chi connectivity index (χ2n) is 6.43. The molecule has 5 aromatic rings. The summed E-state index contributed by atoms with van der Waals surface area (Å²) in [6.45, 7) is 0. The van der Waals surface area contributed by atoms with Gasteiger partial charge in [-0.1, -0.05) is 72.8 Å². The highest BCUT2D eigenvalue weighted by Gasteiger charge is 2.11. The number of carboxylic acids is 2. The lowest BCUT2D eigenvalue weighted by Crippen LogP contribution is -1.91. The topological polar surface area (TPSA) is 74.6 Å². The van der Waals surface area contributed by atoms with Gasteiger partial charge in [-0.25, -0.2) is 9.59 Å². The first-order valence-electron chi connectivity index (χ1n) is 8.74. The zero-order chi connectivity index (χ0) is 19.7. The van der Waals surface area contributed by atoms with E-state index in [1.807, 2.05) is 0 Å². The van der Waals surface area contributed by atoms with Crippen LogP contribution in [0.15, 0.2) is 84.9 Å². The van der Waals surface area contributed by atoms with Gasteiger partial charge in [-0.3, -0.25) is 0 Å². The Kier molecular flexibility index (Phi) is 4.38. The molecule has 0 saturated carbocycles. The Morgan fingerprint density at radius 3 is 1.07 bits per heavy atom. The number of benzene rings is 5. The summed E-state index contributed by atoms with van der Waals surface area (Å²) in [5, 5.41) is 26.5. The van der Waals surface area contributed by atoms with Crippen LogP contribution in [-0.2, 0) is 9.59 Å². The molecule has 0 atom stereocenters. The van der Waals surface area contributed by atoms with Crippen LogP contribution in [0.1, 0.15) is 0 Å². The van der Waals surface area contributed by atoms with E-state index in [9.17, 15) is 9.59 Å². The molecule has 0 saturated heterocycles. The maximum Gasteiger partial charge on any atom is 0.328 e. The molecule has 28 heavy (non-hydrogen) atoms. The van der Waals surface area contributed by atoms with E-state index in [2.05, 4.69) is 72.8 Å². The highest BCUT2D eigenvalue weighted by atomic mass is 16.4. The van der Waals surface area contributed by atoms with E-state index >= 15 is 0 Å². The number of rotatable bonds is 2. The molecule has 5 aromatic carbocycles. The predicted molar refractivity (Wildman–Crippen MR) is 112 cm³/mol. The Hall–Kier alpha value is -3.92. The lowest BCUT2D eigenvalue weighted by Gasteiger charge is -2.13. The molecule has 136 valence electrons. The van der Waals surface area contributed by atoms with Crippen molar-refractivity contribution in [1.29, 1.82) is 0 Å². The van der Waals surface area contributed by atoms with Crippen LogP contribution in [0.25, 0.3) is 43.1 Å². The van der Waals surface area contributed by atoms with Crippen LogP contribution in [0, 0.1) is 0 Å². The minimum atomic E-state index is -1.26. The molecule has 0 unspecified atom stereocenters. The molecule has 0 bridgehead atoms. The zero-order valence-corrected chi connectivity index (χ0v) is 14.8. The van der Waals surface area contributed by atoms with Crippen molar-refractivity contribution >= 4 is 55.0 Å². The van der Waals surface area contributed by atoms with E-state index in [-0.39, 0.29) is 0 Å². The first-order chi connectivity index (χ1) is 13.6. The second kappa shape index (κ2) is 7.00. The number of carbonyl (C=O) groups is 2. The second-order valence-corrected chi connectivity index (χ2v) is 6.43. The number of aliphatic carboxylic acids is 2. The molecule has 0 aliphatic rings. The largest absolute Gasteiger partial charge is 0.478 e. The third kappa shape index (κ3) is 3.01. The van der Waals surface area contributed by atoms with Gasteiger partial charge < -0.3 is 10.2 Å². The van der Waals surface area contributed by atoms with Crippen molar-refractivity contribution < 1.29 is 19.8 Å². The third-order valence-corrected chi connectivity index (χ3v) is 4.76. The Labute approximate surface area is 160 Å².